The lowest BCUT2D eigenvalue weighted by molar-refractivity contribution is 0.0374. The number of carbonyl (C=O) groups excluding carboxylic acids is 1. The number of aromatic nitrogens is 2. The highest BCUT2D eigenvalue weighted by atomic mass is 16.5. The van der Waals surface area contributed by atoms with Crippen molar-refractivity contribution in [2.45, 2.75) is 19.4 Å². The molecule has 2 rings (SSSR count). The number of hydrogen-bond acceptors (Lipinski definition) is 4. The lowest BCUT2D eigenvalue weighted by atomic mass is 9.98. The number of nitrogens with zero attached hydrogens (tertiary/aromatic N) is 2. The standard InChI is InChI=1S/C11H18N4O2/c1-7-6-17-4-3-9(7)13-11(16)10-8(12)5-15(2)14-10/h5,7,9H,3-4,6,12H2,1-2H3,(H,13,16). The summed E-state index contributed by atoms with van der Waals surface area (Å²) in [6.07, 6.45) is 2.46. The number of aryl methyl sites for hydroxylation is 1. The quantitative estimate of drug-likeness (QED) is 0.768. The minimum Gasteiger partial charge on any atom is -0.396 e. The van der Waals surface area contributed by atoms with Crippen LogP contribution in [0.4, 0.5) is 5.69 Å². The molecular formula is C11H18N4O2. The van der Waals surface area contributed by atoms with E-state index >= 15 is 0 Å². The molecule has 2 atom stereocenters. The molecule has 1 aromatic heterocycles. The van der Waals surface area contributed by atoms with Crippen LogP contribution < -0.4 is 11.1 Å². The van der Waals surface area contributed by atoms with Crippen LogP contribution in [-0.4, -0.2) is 34.9 Å². The van der Waals surface area contributed by atoms with Gasteiger partial charge in [0.05, 0.1) is 12.3 Å². The number of nitrogen functional groups attached to an aromatic ring is 1. The molecule has 0 bridgehead atoms. The molecule has 1 aliphatic rings. The molecule has 1 fully saturated rings. The van der Waals surface area contributed by atoms with Crippen molar-refractivity contribution in [3.8, 4) is 0 Å². The summed E-state index contributed by atoms with van der Waals surface area (Å²) in [6, 6.07) is 0.137. The van der Waals surface area contributed by atoms with Crippen molar-refractivity contribution in [2.24, 2.45) is 13.0 Å². The molecule has 1 aromatic rings. The van der Waals surface area contributed by atoms with Crippen molar-refractivity contribution < 1.29 is 9.53 Å². The molecule has 17 heavy (non-hydrogen) atoms. The highest BCUT2D eigenvalue weighted by Gasteiger charge is 2.25. The van der Waals surface area contributed by atoms with Crippen LogP contribution in [0.25, 0.3) is 0 Å². The third-order valence-electron chi connectivity index (χ3n) is 3.03. The Morgan fingerprint density at radius 3 is 3.06 bits per heavy atom. The van der Waals surface area contributed by atoms with E-state index in [4.69, 9.17) is 10.5 Å². The highest BCUT2D eigenvalue weighted by molar-refractivity contribution is 5.97. The number of rotatable bonds is 2. The number of nitrogens with two attached hydrogens (primary N) is 1. The molecule has 0 saturated carbocycles. The van der Waals surface area contributed by atoms with Crippen molar-refractivity contribution in [1.29, 1.82) is 0 Å². The fraction of sp³-hybridized carbons (Fsp3) is 0.636. The first-order valence-electron chi connectivity index (χ1n) is 5.75. The van der Waals surface area contributed by atoms with Gasteiger partial charge in [-0.3, -0.25) is 9.48 Å². The summed E-state index contributed by atoms with van der Waals surface area (Å²) in [4.78, 5) is 12.0. The minimum atomic E-state index is -0.207. The Morgan fingerprint density at radius 1 is 1.71 bits per heavy atom. The van der Waals surface area contributed by atoms with Gasteiger partial charge in [0, 0.05) is 25.9 Å². The SMILES string of the molecule is CC1COCCC1NC(=O)c1nn(C)cc1N. The van der Waals surface area contributed by atoms with E-state index < -0.39 is 0 Å². The Bertz CT molecular complexity index is 416. The zero-order valence-corrected chi connectivity index (χ0v) is 10.1. The number of anilines is 1. The molecule has 6 nitrogen and oxygen atoms in total. The lowest BCUT2D eigenvalue weighted by Crippen LogP contribution is -2.44. The van der Waals surface area contributed by atoms with Gasteiger partial charge in [0.15, 0.2) is 5.69 Å². The number of amides is 1. The fourth-order valence-electron chi connectivity index (χ4n) is 2.01. The van der Waals surface area contributed by atoms with Gasteiger partial charge in [-0.1, -0.05) is 6.92 Å². The summed E-state index contributed by atoms with van der Waals surface area (Å²) < 4.78 is 6.87. The Hall–Kier alpha value is -1.56. The van der Waals surface area contributed by atoms with Crippen molar-refractivity contribution in [1.82, 2.24) is 15.1 Å². The summed E-state index contributed by atoms with van der Waals surface area (Å²) in [5.41, 5.74) is 6.42. The van der Waals surface area contributed by atoms with Gasteiger partial charge in [-0.2, -0.15) is 5.10 Å². The summed E-state index contributed by atoms with van der Waals surface area (Å²) in [5, 5.41) is 7.01. The van der Waals surface area contributed by atoms with E-state index in [0.717, 1.165) is 6.42 Å². The van der Waals surface area contributed by atoms with Crippen LogP contribution >= 0.6 is 0 Å². The average Bonchev–Trinajstić information content (AvgIpc) is 2.61. The van der Waals surface area contributed by atoms with E-state index in [1.54, 1.807) is 13.2 Å². The maximum absolute atomic E-state index is 12.0. The molecule has 2 unspecified atom stereocenters. The second kappa shape index (κ2) is 4.75. The Balaban J connectivity index is 2.03. The van der Waals surface area contributed by atoms with Gasteiger partial charge < -0.3 is 15.8 Å². The van der Waals surface area contributed by atoms with E-state index in [0.29, 0.717) is 30.5 Å². The molecule has 0 spiro atoms. The normalized spacial score (nSPS) is 24.6. The molecule has 0 aliphatic carbocycles. The van der Waals surface area contributed by atoms with Crippen molar-refractivity contribution in [2.75, 3.05) is 18.9 Å². The molecule has 3 N–H and O–H groups in total. The van der Waals surface area contributed by atoms with Gasteiger partial charge >= 0.3 is 0 Å². The van der Waals surface area contributed by atoms with Crippen LogP contribution in [0.5, 0.6) is 0 Å². The topological polar surface area (TPSA) is 82.2 Å². The van der Waals surface area contributed by atoms with Gasteiger partial charge in [0.1, 0.15) is 0 Å². The van der Waals surface area contributed by atoms with E-state index in [1.807, 2.05) is 0 Å². The zero-order chi connectivity index (χ0) is 12.4. The Morgan fingerprint density at radius 2 is 2.47 bits per heavy atom. The second-order valence-electron chi connectivity index (χ2n) is 4.53. The Labute approximate surface area is 100 Å². The van der Waals surface area contributed by atoms with Crippen LogP contribution in [-0.2, 0) is 11.8 Å². The third kappa shape index (κ3) is 2.58. The maximum atomic E-state index is 12.0. The number of hydrogen-bond donors (Lipinski definition) is 2. The van der Waals surface area contributed by atoms with Crippen LogP contribution in [0.1, 0.15) is 23.8 Å². The van der Waals surface area contributed by atoms with E-state index in [9.17, 15) is 4.79 Å². The summed E-state index contributed by atoms with van der Waals surface area (Å²) in [7, 11) is 1.74. The second-order valence-corrected chi connectivity index (χ2v) is 4.53. The fourth-order valence-corrected chi connectivity index (χ4v) is 2.01. The van der Waals surface area contributed by atoms with Crippen LogP contribution in [0.2, 0.25) is 0 Å². The van der Waals surface area contributed by atoms with Gasteiger partial charge in [-0.25, -0.2) is 0 Å². The monoisotopic (exact) mass is 238 g/mol. The van der Waals surface area contributed by atoms with E-state index in [1.165, 1.54) is 4.68 Å². The summed E-state index contributed by atoms with van der Waals surface area (Å²) in [5.74, 6) is 0.111. The number of ether oxygens (including phenoxy) is 1. The molecule has 0 aromatic carbocycles. The molecule has 1 amide bonds. The largest absolute Gasteiger partial charge is 0.396 e. The van der Waals surface area contributed by atoms with Crippen LogP contribution in [0.3, 0.4) is 0 Å². The van der Waals surface area contributed by atoms with Crippen LogP contribution in [0, 0.1) is 5.92 Å². The molecule has 2 heterocycles. The number of carbonyl (C=O) groups is 1. The highest BCUT2D eigenvalue weighted by Crippen LogP contribution is 2.15. The van der Waals surface area contributed by atoms with Gasteiger partial charge in [-0.05, 0) is 12.3 Å². The zero-order valence-electron chi connectivity index (χ0n) is 10.1. The molecule has 6 heteroatoms. The summed E-state index contributed by atoms with van der Waals surface area (Å²) >= 11 is 0. The first kappa shape index (κ1) is 11.9. The minimum absolute atomic E-state index is 0.137. The number of nitrogens with one attached hydrogen (secondary N) is 1. The third-order valence-corrected chi connectivity index (χ3v) is 3.03. The molecule has 94 valence electrons. The first-order chi connectivity index (χ1) is 8.08. The van der Waals surface area contributed by atoms with Crippen molar-refractivity contribution in [3.63, 3.8) is 0 Å². The molecule has 1 saturated heterocycles. The first-order valence-corrected chi connectivity index (χ1v) is 5.75. The van der Waals surface area contributed by atoms with Crippen molar-refractivity contribution >= 4 is 11.6 Å². The van der Waals surface area contributed by atoms with E-state index in [2.05, 4.69) is 17.3 Å². The molecule has 0 radical (unpaired) electrons. The van der Waals surface area contributed by atoms with Gasteiger partial charge in [-0.15, -0.1) is 0 Å². The lowest BCUT2D eigenvalue weighted by Gasteiger charge is -2.29. The predicted molar refractivity (Wildman–Crippen MR) is 63.5 cm³/mol. The average molecular weight is 238 g/mol. The van der Waals surface area contributed by atoms with E-state index in [-0.39, 0.29) is 11.9 Å². The molecular weight excluding hydrogens is 220 g/mol. The van der Waals surface area contributed by atoms with Gasteiger partial charge in [0.2, 0.25) is 0 Å². The summed E-state index contributed by atoms with van der Waals surface area (Å²) in [6.45, 7) is 3.43. The Kier molecular flexibility index (Phi) is 3.33. The molecule has 1 aliphatic heterocycles. The smallest absolute Gasteiger partial charge is 0.274 e. The maximum Gasteiger partial charge on any atom is 0.274 e. The predicted octanol–water partition coefficient (Wildman–Crippen LogP) is 0.157. The van der Waals surface area contributed by atoms with Crippen LogP contribution in [0.15, 0.2) is 6.20 Å². The van der Waals surface area contributed by atoms with Crippen molar-refractivity contribution in [3.05, 3.63) is 11.9 Å². The van der Waals surface area contributed by atoms with Gasteiger partial charge in [0.25, 0.3) is 5.91 Å².